The summed E-state index contributed by atoms with van der Waals surface area (Å²) in [6, 6.07) is 8.23. The molecule has 0 atom stereocenters. The molecule has 0 aliphatic rings. The van der Waals surface area contributed by atoms with Crippen LogP contribution in [0, 0.1) is 5.82 Å². The Morgan fingerprint density at radius 1 is 1.12 bits per heavy atom. The van der Waals surface area contributed by atoms with E-state index in [2.05, 4.69) is 15.3 Å². The maximum atomic E-state index is 13.8. The average molecular weight is 464 g/mol. The van der Waals surface area contributed by atoms with Gasteiger partial charge in [0.1, 0.15) is 11.6 Å². The third-order valence-corrected chi connectivity index (χ3v) is 5.15. The molecule has 2 aromatic heterocycles. The predicted octanol–water partition coefficient (Wildman–Crippen LogP) is 5.99. The van der Waals surface area contributed by atoms with Crippen molar-refractivity contribution in [3.8, 4) is 11.1 Å². The van der Waals surface area contributed by atoms with Crippen molar-refractivity contribution in [1.29, 1.82) is 0 Å². The van der Waals surface area contributed by atoms with Crippen LogP contribution in [0.2, 0.25) is 0 Å². The summed E-state index contributed by atoms with van der Waals surface area (Å²) in [6.07, 6.45) is 4.84. The molecule has 0 aliphatic heterocycles. The maximum absolute atomic E-state index is 13.8. The number of amides is 1. The number of carbonyl (C=O) groups excluding carboxylic acids is 1. The molecule has 0 bridgehead atoms. The first-order valence-electron chi connectivity index (χ1n) is 9.65. The second kappa shape index (κ2) is 9.99. The van der Waals surface area contributed by atoms with Crippen LogP contribution in [0.5, 0.6) is 0 Å². The van der Waals surface area contributed by atoms with E-state index in [0.29, 0.717) is 29.2 Å². The Hall–Kier alpha value is -3.14. The van der Waals surface area contributed by atoms with E-state index in [-0.39, 0.29) is 22.2 Å². The highest BCUT2D eigenvalue weighted by Gasteiger charge is 2.29. The van der Waals surface area contributed by atoms with Gasteiger partial charge in [-0.25, -0.2) is 9.37 Å². The van der Waals surface area contributed by atoms with E-state index in [9.17, 15) is 22.4 Å². The number of rotatable bonds is 7. The molecule has 0 saturated carbocycles. The summed E-state index contributed by atoms with van der Waals surface area (Å²) in [6.45, 7) is 2.72. The van der Waals surface area contributed by atoms with Crippen LogP contribution in [0.15, 0.2) is 59.9 Å². The van der Waals surface area contributed by atoms with Crippen LogP contribution >= 0.6 is 11.8 Å². The lowest BCUT2D eigenvalue weighted by Gasteiger charge is -2.21. The van der Waals surface area contributed by atoms with Gasteiger partial charge in [-0.1, -0.05) is 6.92 Å². The van der Waals surface area contributed by atoms with Gasteiger partial charge in [-0.15, -0.1) is 0 Å². The average Bonchev–Trinajstić information content (AvgIpc) is 2.74. The fraction of sp³-hybridized carbons (Fsp3) is 0.227. The van der Waals surface area contributed by atoms with Crippen molar-refractivity contribution >= 4 is 29.2 Å². The van der Waals surface area contributed by atoms with Crippen molar-refractivity contribution in [2.45, 2.75) is 23.7 Å². The van der Waals surface area contributed by atoms with E-state index >= 15 is 0 Å². The zero-order chi connectivity index (χ0) is 23.3. The van der Waals surface area contributed by atoms with Gasteiger partial charge in [-0.05, 0) is 54.6 Å². The van der Waals surface area contributed by atoms with E-state index < -0.39 is 17.2 Å². The number of hydrogen-bond donors (Lipinski definition) is 1. The number of benzene rings is 1. The summed E-state index contributed by atoms with van der Waals surface area (Å²) >= 11 is -0.230. The van der Waals surface area contributed by atoms with Gasteiger partial charge in [0, 0.05) is 47.7 Å². The van der Waals surface area contributed by atoms with Gasteiger partial charge in [-0.3, -0.25) is 9.78 Å². The molecular formula is C22H20F4N4OS. The Morgan fingerprint density at radius 2 is 1.84 bits per heavy atom. The van der Waals surface area contributed by atoms with E-state index in [1.807, 2.05) is 18.9 Å². The molecule has 5 nitrogen and oxygen atoms in total. The minimum absolute atomic E-state index is 0.0152. The smallest absolute Gasteiger partial charge is 0.359 e. The van der Waals surface area contributed by atoms with Gasteiger partial charge in [-0.2, -0.15) is 13.2 Å². The van der Waals surface area contributed by atoms with Gasteiger partial charge in [0.25, 0.3) is 5.91 Å². The summed E-state index contributed by atoms with van der Waals surface area (Å²) in [5, 5.41) is 2.64. The second-order valence-electron chi connectivity index (χ2n) is 6.93. The van der Waals surface area contributed by atoms with Crippen LogP contribution in [0.25, 0.3) is 11.1 Å². The van der Waals surface area contributed by atoms with Crippen molar-refractivity contribution < 1.29 is 22.4 Å². The number of alkyl halides is 3. The Labute approximate surface area is 186 Å². The molecule has 168 valence electrons. The summed E-state index contributed by atoms with van der Waals surface area (Å²) in [5.74, 6) is -0.438. The number of nitrogens with zero attached hydrogens (tertiary/aromatic N) is 3. The molecule has 0 saturated heterocycles. The molecule has 3 rings (SSSR count). The Kier molecular flexibility index (Phi) is 7.34. The monoisotopic (exact) mass is 464 g/mol. The van der Waals surface area contributed by atoms with E-state index in [4.69, 9.17) is 0 Å². The van der Waals surface area contributed by atoms with Crippen LogP contribution in [0.4, 0.5) is 29.1 Å². The first-order valence-corrected chi connectivity index (χ1v) is 10.5. The van der Waals surface area contributed by atoms with Crippen LogP contribution < -0.4 is 10.2 Å². The van der Waals surface area contributed by atoms with Crippen LogP contribution in [0.1, 0.15) is 23.7 Å². The van der Waals surface area contributed by atoms with Gasteiger partial charge < -0.3 is 10.2 Å². The fourth-order valence-corrected chi connectivity index (χ4v) is 3.58. The largest absolute Gasteiger partial charge is 0.446 e. The van der Waals surface area contributed by atoms with Crippen LogP contribution in [-0.4, -0.2) is 35.0 Å². The highest BCUT2D eigenvalue weighted by molar-refractivity contribution is 8.00. The molecular weight excluding hydrogens is 444 g/mol. The van der Waals surface area contributed by atoms with E-state index in [1.54, 1.807) is 6.07 Å². The second-order valence-corrected chi connectivity index (χ2v) is 8.07. The standard InChI is InChI=1S/C22H20F4N4OS/c1-3-8-30(2)20-19(14-9-16(23)13-27-11-14)10-15(12-28-20)21(31)29-17-4-6-18(7-5-17)32-22(24,25)26/h4-7,9-13H,3,8H2,1-2H3,(H,29,31). The molecule has 0 radical (unpaired) electrons. The van der Waals surface area contributed by atoms with Gasteiger partial charge in [0.05, 0.1) is 11.8 Å². The molecule has 0 aliphatic carbocycles. The van der Waals surface area contributed by atoms with Gasteiger partial charge in [0.15, 0.2) is 0 Å². The summed E-state index contributed by atoms with van der Waals surface area (Å²) in [5.41, 5.74) is -2.82. The number of hydrogen-bond acceptors (Lipinski definition) is 5. The lowest BCUT2D eigenvalue weighted by atomic mass is 10.1. The molecule has 1 amide bonds. The van der Waals surface area contributed by atoms with Crippen molar-refractivity contribution in [2.75, 3.05) is 23.8 Å². The number of aromatic nitrogens is 2. The zero-order valence-corrected chi connectivity index (χ0v) is 18.1. The molecule has 0 fully saturated rings. The van der Waals surface area contributed by atoms with Crippen molar-refractivity contribution in [1.82, 2.24) is 9.97 Å². The molecule has 1 N–H and O–H groups in total. The van der Waals surface area contributed by atoms with Gasteiger partial charge >= 0.3 is 5.51 Å². The zero-order valence-electron chi connectivity index (χ0n) is 17.3. The summed E-state index contributed by atoms with van der Waals surface area (Å²) in [7, 11) is 1.85. The number of pyridine rings is 2. The fourth-order valence-electron chi connectivity index (χ4n) is 3.04. The minimum atomic E-state index is -4.38. The highest BCUT2D eigenvalue weighted by Crippen LogP contribution is 2.37. The third-order valence-electron chi connectivity index (χ3n) is 4.41. The number of nitrogens with one attached hydrogen (secondary N) is 1. The minimum Gasteiger partial charge on any atom is -0.359 e. The topological polar surface area (TPSA) is 58.1 Å². The Balaban J connectivity index is 1.87. The van der Waals surface area contributed by atoms with E-state index in [0.717, 1.165) is 12.6 Å². The van der Waals surface area contributed by atoms with Crippen LogP contribution in [-0.2, 0) is 0 Å². The molecule has 32 heavy (non-hydrogen) atoms. The number of carbonyl (C=O) groups is 1. The van der Waals surface area contributed by atoms with Crippen molar-refractivity contribution in [2.24, 2.45) is 0 Å². The maximum Gasteiger partial charge on any atom is 0.446 e. The lowest BCUT2D eigenvalue weighted by Crippen LogP contribution is -2.21. The van der Waals surface area contributed by atoms with Crippen LogP contribution in [0.3, 0.4) is 0 Å². The molecule has 3 aromatic rings. The highest BCUT2D eigenvalue weighted by atomic mass is 32.2. The first-order chi connectivity index (χ1) is 15.2. The van der Waals surface area contributed by atoms with E-state index in [1.165, 1.54) is 42.7 Å². The lowest BCUT2D eigenvalue weighted by molar-refractivity contribution is -0.0328. The molecule has 10 heteroatoms. The number of thioether (sulfide) groups is 1. The van der Waals surface area contributed by atoms with Gasteiger partial charge in [0.2, 0.25) is 0 Å². The Morgan fingerprint density at radius 3 is 2.47 bits per heavy atom. The first kappa shape index (κ1) is 23.5. The summed E-state index contributed by atoms with van der Waals surface area (Å²) in [4.78, 5) is 22.9. The quantitative estimate of drug-likeness (QED) is 0.344. The number of anilines is 2. The Bertz CT molecular complexity index is 1090. The molecule has 0 unspecified atom stereocenters. The van der Waals surface area contributed by atoms with Crippen molar-refractivity contribution in [3.05, 3.63) is 66.4 Å². The van der Waals surface area contributed by atoms with Crippen molar-refractivity contribution in [3.63, 3.8) is 0 Å². The third kappa shape index (κ3) is 6.19. The molecule has 0 spiro atoms. The summed E-state index contributed by atoms with van der Waals surface area (Å²) < 4.78 is 51.2. The predicted molar refractivity (Wildman–Crippen MR) is 117 cm³/mol. The normalized spacial score (nSPS) is 11.3. The number of halogens is 4. The molecule has 1 aromatic carbocycles. The SMILES string of the molecule is CCCN(C)c1ncc(C(=O)Nc2ccc(SC(F)(F)F)cc2)cc1-c1cncc(F)c1. The molecule has 2 heterocycles.